The standard InChI is InChI=1S/C25H21FN4O4S/c1-33-18-11-13-19(14-12-18)34-15-22-28-29-25(30(22)21-10-6-5-9-20(21)26)35-16-23(31)27-24(32)17-7-3-2-4-8-17/h2-14H,15-16H2,1H3,(H,27,31,32). The molecule has 1 N–H and O–H groups in total. The van der Waals surface area contributed by atoms with Crippen LogP contribution in [0.1, 0.15) is 16.2 Å². The molecule has 4 rings (SSSR count). The van der Waals surface area contributed by atoms with Gasteiger partial charge in [0.2, 0.25) is 5.91 Å². The van der Waals surface area contributed by atoms with E-state index >= 15 is 0 Å². The number of benzene rings is 3. The highest BCUT2D eigenvalue weighted by molar-refractivity contribution is 7.99. The zero-order valence-electron chi connectivity index (χ0n) is 18.7. The third kappa shape index (κ3) is 6.04. The van der Waals surface area contributed by atoms with E-state index < -0.39 is 17.6 Å². The minimum atomic E-state index is -0.511. The number of carbonyl (C=O) groups excluding carboxylic acids is 2. The second-order valence-corrected chi connectivity index (χ2v) is 8.12. The molecule has 0 unspecified atom stereocenters. The van der Waals surface area contributed by atoms with Crippen molar-refractivity contribution in [2.24, 2.45) is 0 Å². The van der Waals surface area contributed by atoms with Crippen LogP contribution in [-0.4, -0.2) is 39.4 Å². The van der Waals surface area contributed by atoms with E-state index in [-0.39, 0.29) is 23.2 Å². The summed E-state index contributed by atoms with van der Waals surface area (Å²) >= 11 is 1.03. The molecule has 0 aliphatic carbocycles. The molecule has 8 nitrogen and oxygen atoms in total. The molecule has 2 amide bonds. The molecule has 0 saturated carbocycles. The first kappa shape index (κ1) is 24.0. The zero-order valence-corrected chi connectivity index (χ0v) is 19.5. The molecule has 0 aliphatic heterocycles. The Labute approximate surface area is 205 Å². The predicted octanol–water partition coefficient (Wildman–Crippen LogP) is 4.04. The van der Waals surface area contributed by atoms with Gasteiger partial charge in [0, 0.05) is 5.56 Å². The van der Waals surface area contributed by atoms with Crippen molar-refractivity contribution in [3.63, 3.8) is 0 Å². The second-order valence-electron chi connectivity index (χ2n) is 7.18. The number of ether oxygens (including phenoxy) is 2. The minimum absolute atomic E-state index is 0.00686. The molecule has 1 aromatic heterocycles. The van der Waals surface area contributed by atoms with E-state index in [0.717, 1.165) is 11.8 Å². The summed E-state index contributed by atoms with van der Waals surface area (Å²) in [6.45, 7) is 0.00686. The van der Waals surface area contributed by atoms with Gasteiger partial charge in [-0.3, -0.25) is 19.5 Å². The Hall–Kier alpha value is -4.18. The average molecular weight is 493 g/mol. The number of thioether (sulfide) groups is 1. The van der Waals surface area contributed by atoms with Gasteiger partial charge in [0.15, 0.2) is 11.0 Å². The largest absolute Gasteiger partial charge is 0.497 e. The van der Waals surface area contributed by atoms with Gasteiger partial charge in [0.1, 0.15) is 23.9 Å². The van der Waals surface area contributed by atoms with Crippen LogP contribution in [0.2, 0.25) is 0 Å². The Balaban J connectivity index is 1.49. The van der Waals surface area contributed by atoms with Crippen molar-refractivity contribution in [2.75, 3.05) is 12.9 Å². The van der Waals surface area contributed by atoms with Gasteiger partial charge in [-0.1, -0.05) is 42.1 Å². The van der Waals surface area contributed by atoms with Crippen LogP contribution in [0.15, 0.2) is 84.0 Å². The maximum Gasteiger partial charge on any atom is 0.257 e. The van der Waals surface area contributed by atoms with Gasteiger partial charge in [-0.15, -0.1) is 10.2 Å². The van der Waals surface area contributed by atoms with Gasteiger partial charge in [-0.05, 0) is 48.5 Å². The van der Waals surface area contributed by atoms with Gasteiger partial charge in [-0.2, -0.15) is 0 Å². The van der Waals surface area contributed by atoms with Crippen molar-refractivity contribution in [2.45, 2.75) is 11.8 Å². The minimum Gasteiger partial charge on any atom is -0.497 e. The molecule has 0 fully saturated rings. The molecule has 0 radical (unpaired) electrons. The Bertz CT molecular complexity index is 1310. The molecule has 0 bridgehead atoms. The summed E-state index contributed by atoms with van der Waals surface area (Å²) in [6.07, 6.45) is 0. The molecule has 35 heavy (non-hydrogen) atoms. The van der Waals surface area contributed by atoms with Gasteiger partial charge in [-0.25, -0.2) is 4.39 Å². The molecular weight excluding hydrogens is 471 g/mol. The number of aromatic nitrogens is 3. The number of methoxy groups -OCH3 is 1. The number of imide groups is 1. The summed E-state index contributed by atoms with van der Waals surface area (Å²) in [5.74, 6) is -0.0117. The quantitative estimate of drug-likeness (QED) is 0.352. The Morgan fingerprint density at radius 3 is 2.34 bits per heavy atom. The molecule has 3 aromatic carbocycles. The van der Waals surface area contributed by atoms with Gasteiger partial charge in [0.05, 0.1) is 18.6 Å². The van der Waals surface area contributed by atoms with Crippen molar-refractivity contribution in [3.8, 4) is 17.2 Å². The van der Waals surface area contributed by atoms with E-state index in [4.69, 9.17) is 9.47 Å². The maximum absolute atomic E-state index is 14.7. The van der Waals surface area contributed by atoms with Crippen LogP contribution in [0, 0.1) is 5.82 Å². The second kappa shape index (κ2) is 11.3. The summed E-state index contributed by atoms with van der Waals surface area (Å²) in [6, 6.07) is 21.6. The number of nitrogens with one attached hydrogen (secondary N) is 1. The average Bonchev–Trinajstić information content (AvgIpc) is 3.29. The predicted molar refractivity (Wildman–Crippen MR) is 128 cm³/mol. The Morgan fingerprint density at radius 1 is 0.943 bits per heavy atom. The summed E-state index contributed by atoms with van der Waals surface area (Å²) in [7, 11) is 1.57. The molecule has 4 aromatic rings. The lowest BCUT2D eigenvalue weighted by atomic mass is 10.2. The van der Waals surface area contributed by atoms with E-state index in [1.165, 1.54) is 10.6 Å². The van der Waals surface area contributed by atoms with Crippen molar-refractivity contribution in [1.29, 1.82) is 0 Å². The van der Waals surface area contributed by atoms with Crippen molar-refractivity contribution in [3.05, 3.63) is 96.1 Å². The molecule has 0 spiro atoms. The lowest BCUT2D eigenvalue weighted by molar-refractivity contribution is -0.117. The lowest BCUT2D eigenvalue weighted by Gasteiger charge is -2.12. The first-order valence-electron chi connectivity index (χ1n) is 10.5. The normalized spacial score (nSPS) is 10.6. The summed E-state index contributed by atoms with van der Waals surface area (Å²) in [5, 5.41) is 10.9. The van der Waals surface area contributed by atoms with Crippen molar-refractivity contribution >= 4 is 23.6 Å². The number of rotatable bonds is 9. The molecule has 1 heterocycles. The Kier molecular flexibility index (Phi) is 7.74. The van der Waals surface area contributed by atoms with Crippen molar-refractivity contribution < 1.29 is 23.5 Å². The van der Waals surface area contributed by atoms with Crippen LogP contribution in [0.25, 0.3) is 5.69 Å². The number of halogens is 1. The number of nitrogens with zero attached hydrogens (tertiary/aromatic N) is 3. The fourth-order valence-corrected chi connectivity index (χ4v) is 3.90. The molecular formula is C25H21FN4O4S. The van der Waals surface area contributed by atoms with Crippen LogP contribution in [0.5, 0.6) is 11.5 Å². The molecule has 0 saturated heterocycles. The fourth-order valence-electron chi connectivity index (χ4n) is 3.14. The van der Waals surface area contributed by atoms with Crippen LogP contribution >= 0.6 is 11.8 Å². The summed E-state index contributed by atoms with van der Waals surface area (Å²) in [4.78, 5) is 24.6. The molecule has 0 atom stereocenters. The topological polar surface area (TPSA) is 95.3 Å². The van der Waals surface area contributed by atoms with E-state index in [2.05, 4.69) is 15.5 Å². The highest BCUT2D eigenvalue weighted by Gasteiger charge is 2.19. The van der Waals surface area contributed by atoms with Crippen LogP contribution < -0.4 is 14.8 Å². The van der Waals surface area contributed by atoms with E-state index in [1.54, 1.807) is 79.9 Å². The highest BCUT2D eigenvalue weighted by atomic mass is 32.2. The maximum atomic E-state index is 14.7. The lowest BCUT2D eigenvalue weighted by Crippen LogP contribution is -2.31. The number of para-hydroxylation sites is 1. The van der Waals surface area contributed by atoms with E-state index in [1.807, 2.05) is 0 Å². The monoisotopic (exact) mass is 492 g/mol. The van der Waals surface area contributed by atoms with Crippen LogP contribution in [0.4, 0.5) is 4.39 Å². The van der Waals surface area contributed by atoms with Crippen molar-refractivity contribution in [1.82, 2.24) is 20.1 Å². The number of carbonyl (C=O) groups is 2. The molecule has 0 aliphatic rings. The number of amides is 2. The number of hydrogen-bond acceptors (Lipinski definition) is 7. The first-order chi connectivity index (χ1) is 17.0. The third-order valence-electron chi connectivity index (χ3n) is 4.84. The Morgan fingerprint density at radius 2 is 1.63 bits per heavy atom. The van der Waals surface area contributed by atoms with Gasteiger partial charge < -0.3 is 9.47 Å². The smallest absolute Gasteiger partial charge is 0.257 e. The fraction of sp³-hybridized carbons (Fsp3) is 0.120. The van der Waals surface area contributed by atoms with Gasteiger partial charge in [0.25, 0.3) is 5.91 Å². The van der Waals surface area contributed by atoms with Gasteiger partial charge >= 0.3 is 0 Å². The van der Waals surface area contributed by atoms with Crippen LogP contribution in [-0.2, 0) is 11.4 Å². The summed E-state index contributed by atoms with van der Waals surface area (Å²) in [5.41, 5.74) is 0.590. The van der Waals surface area contributed by atoms with E-state index in [0.29, 0.717) is 22.9 Å². The molecule has 178 valence electrons. The van der Waals surface area contributed by atoms with Crippen LogP contribution in [0.3, 0.4) is 0 Å². The SMILES string of the molecule is COc1ccc(OCc2nnc(SCC(=O)NC(=O)c3ccccc3)n2-c2ccccc2F)cc1. The zero-order chi connectivity index (χ0) is 24.6. The molecule has 10 heteroatoms. The first-order valence-corrected chi connectivity index (χ1v) is 11.5. The third-order valence-corrected chi connectivity index (χ3v) is 5.77. The highest BCUT2D eigenvalue weighted by Crippen LogP contribution is 2.25. The van der Waals surface area contributed by atoms with E-state index in [9.17, 15) is 14.0 Å². The number of hydrogen-bond donors (Lipinski definition) is 1. The summed E-state index contributed by atoms with van der Waals surface area (Å²) < 4.78 is 27.1.